The van der Waals surface area contributed by atoms with Crippen molar-refractivity contribution in [1.29, 1.82) is 0 Å². The lowest BCUT2D eigenvalue weighted by molar-refractivity contribution is -0.123. The van der Waals surface area contributed by atoms with Crippen LogP contribution in [0.25, 0.3) is 15.9 Å². The smallest absolute Gasteiger partial charge is 0.264 e. The number of aryl methyl sites for hydroxylation is 1. The standard InChI is InChI=1S/C22H26ClN5O2S/c1-14(2)24-20(29)13-26-8-10-27(11-9-26)21(30)19-12-16-15(3)25-28(22(16)31-19)18-7-5-4-6-17(18)23/h4-7,12,14H,8-11,13H2,1-3H3,(H,24,29). The summed E-state index contributed by atoms with van der Waals surface area (Å²) >= 11 is 7.81. The second-order valence-corrected chi connectivity index (χ2v) is 9.51. The van der Waals surface area contributed by atoms with Crippen LogP contribution in [0.4, 0.5) is 0 Å². The number of rotatable bonds is 5. The number of halogens is 1. The minimum atomic E-state index is 0.0255. The largest absolute Gasteiger partial charge is 0.353 e. The number of fused-ring (bicyclic) bond motifs is 1. The van der Waals surface area contributed by atoms with Crippen LogP contribution < -0.4 is 5.32 Å². The monoisotopic (exact) mass is 459 g/mol. The summed E-state index contributed by atoms with van der Waals surface area (Å²) in [5, 5.41) is 9.12. The van der Waals surface area contributed by atoms with Crippen molar-refractivity contribution in [3.8, 4) is 5.69 Å². The van der Waals surface area contributed by atoms with Crippen LogP contribution in [0.5, 0.6) is 0 Å². The number of benzene rings is 1. The van der Waals surface area contributed by atoms with Gasteiger partial charge in [0.1, 0.15) is 4.83 Å². The van der Waals surface area contributed by atoms with Gasteiger partial charge in [0.15, 0.2) is 0 Å². The van der Waals surface area contributed by atoms with Crippen molar-refractivity contribution in [3.05, 3.63) is 45.9 Å². The van der Waals surface area contributed by atoms with Gasteiger partial charge in [0, 0.05) is 37.6 Å². The first-order valence-electron chi connectivity index (χ1n) is 10.4. The molecule has 0 spiro atoms. The van der Waals surface area contributed by atoms with E-state index >= 15 is 0 Å². The maximum atomic E-state index is 13.2. The molecule has 1 saturated heterocycles. The lowest BCUT2D eigenvalue weighted by Crippen LogP contribution is -2.51. The number of piperazine rings is 1. The maximum absolute atomic E-state index is 13.2. The van der Waals surface area contributed by atoms with Crippen molar-refractivity contribution in [1.82, 2.24) is 24.9 Å². The summed E-state index contributed by atoms with van der Waals surface area (Å²) in [6.45, 7) is 8.81. The van der Waals surface area contributed by atoms with Gasteiger partial charge in [-0.15, -0.1) is 11.3 Å². The first-order valence-corrected chi connectivity index (χ1v) is 11.6. The molecule has 0 bridgehead atoms. The highest BCUT2D eigenvalue weighted by Crippen LogP contribution is 2.33. The maximum Gasteiger partial charge on any atom is 0.264 e. The zero-order valence-electron chi connectivity index (χ0n) is 17.9. The third-order valence-corrected chi connectivity index (χ3v) is 6.73. The van der Waals surface area contributed by atoms with Gasteiger partial charge in [-0.2, -0.15) is 5.10 Å². The Morgan fingerprint density at radius 1 is 1.19 bits per heavy atom. The first kappa shape index (κ1) is 21.8. The summed E-state index contributed by atoms with van der Waals surface area (Å²) in [4.78, 5) is 30.7. The molecule has 0 aliphatic carbocycles. The Morgan fingerprint density at radius 3 is 2.58 bits per heavy atom. The van der Waals surface area contributed by atoms with Crippen molar-refractivity contribution in [3.63, 3.8) is 0 Å². The number of hydrogen-bond acceptors (Lipinski definition) is 5. The number of carbonyl (C=O) groups is 2. The van der Waals surface area contributed by atoms with Crippen LogP contribution in [0.1, 0.15) is 29.2 Å². The summed E-state index contributed by atoms with van der Waals surface area (Å²) in [5.41, 5.74) is 1.67. The Morgan fingerprint density at radius 2 is 1.90 bits per heavy atom. The quantitative estimate of drug-likeness (QED) is 0.635. The normalized spacial score (nSPS) is 15.1. The number of amides is 2. The number of aromatic nitrogens is 2. The first-order chi connectivity index (χ1) is 14.8. The molecule has 164 valence electrons. The van der Waals surface area contributed by atoms with Crippen LogP contribution in [0.2, 0.25) is 5.02 Å². The third kappa shape index (κ3) is 4.61. The molecule has 0 atom stereocenters. The molecule has 1 aromatic carbocycles. The van der Waals surface area contributed by atoms with Crippen LogP contribution in [0, 0.1) is 6.92 Å². The van der Waals surface area contributed by atoms with Crippen LogP contribution in [-0.2, 0) is 4.79 Å². The van der Waals surface area contributed by atoms with Crippen LogP contribution >= 0.6 is 22.9 Å². The Bertz CT molecular complexity index is 1110. The second kappa shape index (κ2) is 8.98. The highest BCUT2D eigenvalue weighted by molar-refractivity contribution is 7.20. The fourth-order valence-corrected chi connectivity index (χ4v) is 5.13. The van der Waals surface area contributed by atoms with Gasteiger partial charge in [-0.05, 0) is 39.0 Å². The molecule has 0 saturated carbocycles. The Balaban J connectivity index is 1.48. The Kier molecular flexibility index (Phi) is 6.31. The molecule has 0 unspecified atom stereocenters. The lowest BCUT2D eigenvalue weighted by Gasteiger charge is -2.34. The average Bonchev–Trinajstić information content (AvgIpc) is 3.29. The van der Waals surface area contributed by atoms with Gasteiger partial charge >= 0.3 is 0 Å². The summed E-state index contributed by atoms with van der Waals surface area (Å²) < 4.78 is 1.82. The Hall–Kier alpha value is -2.42. The number of nitrogens with one attached hydrogen (secondary N) is 1. The summed E-state index contributed by atoms with van der Waals surface area (Å²) in [7, 11) is 0. The molecule has 2 amide bonds. The van der Waals surface area contributed by atoms with E-state index in [-0.39, 0.29) is 17.9 Å². The molecular weight excluding hydrogens is 434 g/mol. The average molecular weight is 460 g/mol. The van der Waals surface area contributed by atoms with E-state index < -0.39 is 0 Å². The van der Waals surface area contributed by atoms with E-state index in [0.29, 0.717) is 42.6 Å². The fourth-order valence-electron chi connectivity index (χ4n) is 3.78. The van der Waals surface area contributed by atoms with Crippen LogP contribution in [0.15, 0.2) is 30.3 Å². The lowest BCUT2D eigenvalue weighted by atomic mass is 10.2. The topological polar surface area (TPSA) is 70.5 Å². The van der Waals surface area contributed by atoms with Gasteiger partial charge in [-0.25, -0.2) is 4.68 Å². The molecule has 3 aromatic rings. The molecule has 31 heavy (non-hydrogen) atoms. The van der Waals surface area contributed by atoms with Crippen molar-refractivity contribution >= 4 is 45.0 Å². The van der Waals surface area contributed by atoms with Crippen LogP contribution in [-0.4, -0.2) is 70.2 Å². The zero-order chi connectivity index (χ0) is 22.1. The van der Waals surface area contributed by atoms with E-state index in [1.165, 1.54) is 11.3 Å². The molecule has 2 aromatic heterocycles. The van der Waals surface area contributed by atoms with E-state index in [2.05, 4.69) is 15.3 Å². The second-order valence-electron chi connectivity index (χ2n) is 8.07. The molecule has 3 heterocycles. The van der Waals surface area contributed by atoms with E-state index in [1.54, 1.807) is 0 Å². The highest BCUT2D eigenvalue weighted by Gasteiger charge is 2.26. The number of nitrogens with zero attached hydrogens (tertiary/aromatic N) is 4. The molecule has 7 nitrogen and oxygen atoms in total. The van der Waals surface area contributed by atoms with Gasteiger partial charge < -0.3 is 10.2 Å². The van der Waals surface area contributed by atoms with Crippen molar-refractivity contribution in [2.75, 3.05) is 32.7 Å². The number of carbonyl (C=O) groups excluding carboxylic acids is 2. The molecule has 1 aliphatic heterocycles. The van der Waals surface area contributed by atoms with Crippen molar-refractivity contribution in [2.45, 2.75) is 26.8 Å². The van der Waals surface area contributed by atoms with Gasteiger partial charge in [0.05, 0.1) is 27.8 Å². The predicted octanol–water partition coefficient (Wildman–Crippen LogP) is 3.33. The van der Waals surface area contributed by atoms with E-state index in [0.717, 1.165) is 21.6 Å². The summed E-state index contributed by atoms with van der Waals surface area (Å²) in [5.74, 6) is 0.0523. The van der Waals surface area contributed by atoms with Crippen molar-refractivity contribution in [2.24, 2.45) is 0 Å². The van der Waals surface area contributed by atoms with Crippen molar-refractivity contribution < 1.29 is 9.59 Å². The van der Waals surface area contributed by atoms with E-state index in [9.17, 15) is 9.59 Å². The Labute approximate surface area is 190 Å². The van der Waals surface area contributed by atoms with Gasteiger partial charge in [0.2, 0.25) is 5.91 Å². The molecule has 9 heteroatoms. The van der Waals surface area contributed by atoms with Crippen LogP contribution in [0.3, 0.4) is 0 Å². The predicted molar refractivity (Wildman–Crippen MR) is 124 cm³/mol. The molecule has 1 fully saturated rings. The molecular formula is C22H26ClN5O2S. The molecule has 0 radical (unpaired) electrons. The molecule has 4 rings (SSSR count). The van der Waals surface area contributed by atoms with Gasteiger partial charge in [0.25, 0.3) is 5.91 Å². The molecule has 1 N–H and O–H groups in total. The number of hydrogen-bond donors (Lipinski definition) is 1. The molecule has 1 aliphatic rings. The SMILES string of the molecule is Cc1nn(-c2ccccc2Cl)c2sc(C(=O)N3CCN(CC(=O)NC(C)C)CC3)cc12. The minimum Gasteiger partial charge on any atom is -0.353 e. The fraction of sp³-hybridized carbons (Fsp3) is 0.409. The number of para-hydroxylation sites is 1. The van der Waals surface area contributed by atoms with Gasteiger partial charge in [-0.1, -0.05) is 23.7 Å². The van der Waals surface area contributed by atoms with Gasteiger partial charge in [-0.3, -0.25) is 14.5 Å². The minimum absolute atomic E-state index is 0.0255. The number of thiophene rings is 1. The summed E-state index contributed by atoms with van der Waals surface area (Å²) in [6, 6.07) is 9.62. The zero-order valence-corrected chi connectivity index (χ0v) is 19.5. The van der Waals surface area contributed by atoms with E-state index in [1.807, 2.05) is 60.7 Å². The third-order valence-electron chi connectivity index (χ3n) is 5.31. The summed E-state index contributed by atoms with van der Waals surface area (Å²) in [6.07, 6.45) is 0. The van der Waals surface area contributed by atoms with E-state index in [4.69, 9.17) is 11.6 Å². The highest BCUT2D eigenvalue weighted by atomic mass is 35.5.